The van der Waals surface area contributed by atoms with E-state index in [4.69, 9.17) is 0 Å². The van der Waals surface area contributed by atoms with E-state index in [0.717, 1.165) is 25.1 Å². The zero-order valence-electron chi connectivity index (χ0n) is 12.5. The van der Waals surface area contributed by atoms with Gasteiger partial charge in [-0.2, -0.15) is 0 Å². The highest BCUT2D eigenvalue weighted by molar-refractivity contribution is 5.29. The molecule has 0 aromatic carbocycles. The molecular weight excluding hydrogens is 250 g/mol. The van der Waals surface area contributed by atoms with Crippen molar-refractivity contribution in [1.29, 1.82) is 0 Å². The highest BCUT2D eigenvalue weighted by Gasteiger charge is 2.23. The molecule has 2 aliphatic rings. The van der Waals surface area contributed by atoms with E-state index in [-0.39, 0.29) is 0 Å². The topological polar surface area (TPSA) is 44.3 Å². The summed E-state index contributed by atoms with van der Waals surface area (Å²) in [7, 11) is 4.29. The first kappa shape index (κ1) is 13.8. The number of likely N-dealkylation sites (tertiary alicyclic amines) is 1. The summed E-state index contributed by atoms with van der Waals surface area (Å²) < 4.78 is 0. The van der Waals surface area contributed by atoms with Crippen LogP contribution in [0.4, 0.5) is 5.95 Å². The van der Waals surface area contributed by atoms with Gasteiger partial charge in [-0.3, -0.25) is 0 Å². The van der Waals surface area contributed by atoms with Gasteiger partial charge in [-0.25, -0.2) is 9.97 Å². The van der Waals surface area contributed by atoms with Crippen molar-refractivity contribution in [3.8, 4) is 0 Å². The molecular formula is C15H25N5. The smallest absolute Gasteiger partial charge is 0.225 e. The van der Waals surface area contributed by atoms with Crippen LogP contribution in [0, 0.1) is 0 Å². The average molecular weight is 275 g/mol. The first-order valence-corrected chi connectivity index (χ1v) is 7.68. The first-order valence-electron chi connectivity index (χ1n) is 7.68. The molecule has 0 radical (unpaired) electrons. The molecule has 2 fully saturated rings. The Hall–Kier alpha value is -1.20. The van der Waals surface area contributed by atoms with E-state index in [1.807, 2.05) is 12.4 Å². The molecule has 5 nitrogen and oxygen atoms in total. The normalized spacial score (nSPS) is 23.2. The molecule has 3 rings (SSSR count). The second kappa shape index (κ2) is 6.06. The van der Waals surface area contributed by atoms with Crippen LogP contribution in [0.1, 0.15) is 31.2 Å². The second-order valence-corrected chi connectivity index (χ2v) is 6.20. The predicted octanol–water partition coefficient (Wildman–Crippen LogP) is 1.26. The number of hydrogen-bond acceptors (Lipinski definition) is 5. The minimum Gasteiger partial charge on any atom is -0.342 e. The third kappa shape index (κ3) is 3.46. The van der Waals surface area contributed by atoms with Crippen LogP contribution in [-0.2, 0) is 6.54 Å². The Bertz CT molecular complexity index is 428. The summed E-state index contributed by atoms with van der Waals surface area (Å²) in [4.78, 5) is 13.6. The summed E-state index contributed by atoms with van der Waals surface area (Å²) in [5.74, 6) is 0.834. The number of nitrogens with one attached hydrogen (secondary N) is 1. The van der Waals surface area contributed by atoms with E-state index in [0.29, 0.717) is 6.04 Å². The van der Waals surface area contributed by atoms with Gasteiger partial charge in [-0.1, -0.05) is 0 Å². The fourth-order valence-electron chi connectivity index (χ4n) is 2.79. The van der Waals surface area contributed by atoms with Crippen LogP contribution in [-0.4, -0.2) is 54.1 Å². The highest BCUT2D eigenvalue weighted by Crippen LogP contribution is 2.19. The Balaban J connectivity index is 1.52. The van der Waals surface area contributed by atoms with E-state index in [1.54, 1.807) is 0 Å². The molecule has 1 atom stereocenters. The van der Waals surface area contributed by atoms with Gasteiger partial charge in [0.05, 0.1) is 0 Å². The molecule has 1 saturated carbocycles. The monoisotopic (exact) mass is 275 g/mol. The number of hydrogen-bond donors (Lipinski definition) is 1. The molecule has 5 heteroatoms. The fraction of sp³-hybridized carbons (Fsp3) is 0.733. The standard InChI is InChI=1S/C15H25N5/c1-19-7-3-4-14(19)11-20(2)15-17-9-12(10-18-15)8-16-13-5-6-13/h9-10,13-14,16H,3-8,11H2,1-2H3. The molecule has 1 aromatic rings. The highest BCUT2D eigenvalue weighted by atomic mass is 15.3. The van der Waals surface area contributed by atoms with Crippen molar-refractivity contribution >= 4 is 5.95 Å². The summed E-state index contributed by atoms with van der Waals surface area (Å²) in [6.07, 6.45) is 9.12. The maximum absolute atomic E-state index is 4.50. The second-order valence-electron chi connectivity index (χ2n) is 6.20. The summed E-state index contributed by atoms with van der Waals surface area (Å²) >= 11 is 0. The largest absolute Gasteiger partial charge is 0.342 e. The lowest BCUT2D eigenvalue weighted by Gasteiger charge is -2.25. The lowest BCUT2D eigenvalue weighted by atomic mass is 10.2. The summed E-state index contributed by atoms with van der Waals surface area (Å²) in [5, 5.41) is 3.49. The third-order valence-corrected chi connectivity index (χ3v) is 4.36. The molecule has 2 heterocycles. The lowest BCUT2D eigenvalue weighted by molar-refractivity contribution is 0.313. The van der Waals surface area contributed by atoms with E-state index in [9.17, 15) is 0 Å². The van der Waals surface area contributed by atoms with Gasteiger partial charge in [0.25, 0.3) is 0 Å². The first-order chi connectivity index (χ1) is 9.72. The Morgan fingerprint density at radius 3 is 2.65 bits per heavy atom. The fourth-order valence-corrected chi connectivity index (χ4v) is 2.79. The lowest BCUT2D eigenvalue weighted by Crippen LogP contribution is -2.37. The van der Waals surface area contributed by atoms with Crippen LogP contribution in [0.3, 0.4) is 0 Å². The Kier molecular flexibility index (Phi) is 4.17. The minimum atomic E-state index is 0.639. The number of likely N-dealkylation sites (N-methyl/N-ethyl adjacent to an activating group) is 2. The van der Waals surface area contributed by atoms with Crippen molar-refractivity contribution < 1.29 is 0 Å². The van der Waals surface area contributed by atoms with Crippen LogP contribution in [0.15, 0.2) is 12.4 Å². The maximum atomic E-state index is 4.50. The summed E-state index contributed by atoms with van der Waals surface area (Å²) in [6, 6.07) is 1.37. The minimum absolute atomic E-state index is 0.639. The molecule has 0 amide bonds. The quantitative estimate of drug-likeness (QED) is 0.847. The Morgan fingerprint density at radius 2 is 2.05 bits per heavy atom. The average Bonchev–Trinajstić information content (AvgIpc) is 3.21. The van der Waals surface area contributed by atoms with Gasteiger partial charge >= 0.3 is 0 Å². The van der Waals surface area contributed by atoms with Crippen LogP contribution >= 0.6 is 0 Å². The molecule has 0 bridgehead atoms. The molecule has 1 unspecified atom stereocenters. The molecule has 1 N–H and O–H groups in total. The van der Waals surface area contributed by atoms with Crippen molar-refractivity contribution in [2.45, 2.75) is 44.3 Å². The zero-order valence-corrected chi connectivity index (χ0v) is 12.5. The number of anilines is 1. The van der Waals surface area contributed by atoms with Crippen molar-refractivity contribution in [1.82, 2.24) is 20.2 Å². The molecule has 1 saturated heterocycles. The molecule has 110 valence electrons. The van der Waals surface area contributed by atoms with Gasteiger partial charge in [0.1, 0.15) is 0 Å². The Morgan fingerprint density at radius 1 is 1.30 bits per heavy atom. The van der Waals surface area contributed by atoms with E-state index in [2.05, 4.69) is 39.2 Å². The van der Waals surface area contributed by atoms with Gasteiger partial charge in [-0.05, 0) is 39.3 Å². The van der Waals surface area contributed by atoms with Crippen molar-refractivity contribution in [2.24, 2.45) is 0 Å². The van der Waals surface area contributed by atoms with Gasteiger partial charge in [0, 0.05) is 50.2 Å². The molecule has 1 aliphatic carbocycles. The van der Waals surface area contributed by atoms with Crippen molar-refractivity contribution in [3.05, 3.63) is 18.0 Å². The third-order valence-electron chi connectivity index (χ3n) is 4.36. The maximum Gasteiger partial charge on any atom is 0.225 e. The van der Waals surface area contributed by atoms with Crippen molar-refractivity contribution in [3.63, 3.8) is 0 Å². The number of nitrogens with zero attached hydrogens (tertiary/aromatic N) is 4. The van der Waals surface area contributed by atoms with E-state index < -0.39 is 0 Å². The number of aromatic nitrogens is 2. The van der Waals surface area contributed by atoms with E-state index >= 15 is 0 Å². The summed E-state index contributed by atoms with van der Waals surface area (Å²) in [6.45, 7) is 3.11. The zero-order chi connectivity index (χ0) is 13.9. The van der Waals surface area contributed by atoms with Gasteiger partial charge in [0.2, 0.25) is 5.95 Å². The SMILES string of the molecule is CN(CC1CCCN1C)c1ncc(CNC2CC2)cn1. The van der Waals surface area contributed by atoms with Crippen LogP contribution in [0.25, 0.3) is 0 Å². The van der Waals surface area contributed by atoms with E-state index in [1.165, 1.54) is 37.8 Å². The summed E-state index contributed by atoms with van der Waals surface area (Å²) in [5.41, 5.74) is 1.17. The predicted molar refractivity (Wildman–Crippen MR) is 80.8 cm³/mol. The Labute approximate surface area is 121 Å². The van der Waals surface area contributed by atoms with Gasteiger partial charge < -0.3 is 15.1 Å². The van der Waals surface area contributed by atoms with Crippen molar-refractivity contribution in [2.75, 3.05) is 32.1 Å². The molecule has 20 heavy (non-hydrogen) atoms. The molecule has 1 aliphatic heterocycles. The van der Waals surface area contributed by atoms with Gasteiger partial charge in [0.15, 0.2) is 0 Å². The number of rotatable bonds is 6. The van der Waals surface area contributed by atoms with Gasteiger partial charge in [-0.15, -0.1) is 0 Å². The van der Waals surface area contributed by atoms with Crippen LogP contribution in [0.5, 0.6) is 0 Å². The molecule has 1 aromatic heterocycles. The van der Waals surface area contributed by atoms with Crippen LogP contribution in [0.2, 0.25) is 0 Å². The molecule has 0 spiro atoms. The van der Waals surface area contributed by atoms with Crippen LogP contribution < -0.4 is 10.2 Å².